The highest BCUT2D eigenvalue weighted by molar-refractivity contribution is 7.62. The minimum absolute atomic E-state index is 0.287. The molecule has 0 rings (SSSR count). The molecule has 0 aromatic rings. The fraction of sp³-hybridized carbons (Fsp3) is 0.333. The highest BCUT2D eigenvalue weighted by Crippen LogP contribution is 2.25. The van der Waals surface area contributed by atoms with Crippen molar-refractivity contribution in [1.29, 1.82) is 0 Å². The first kappa shape index (κ1) is 6.55. The van der Waals surface area contributed by atoms with E-state index in [1.54, 1.807) is 0 Å². The Morgan fingerprint density at radius 2 is 2.14 bits per heavy atom. The van der Waals surface area contributed by atoms with Crippen molar-refractivity contribution in [1.82, 2.24) is 0 Å². The molecule has 7 heavy (non-hydrogen) atoms. The number of hydrogen-bond acceptors (Lipinski definition) is 0. The van der Waals surface area contributed by atoms with Crippen molar-refractivity contribution in [2.75, 3.05) is 12.8 Å². The van der Waals surface area contributed by atoms with Crippen molar-refractivity contribution >= 4 is 7.92 Å². The third kappa shape index (κ3) is 3.38. The summed E-state index contributed by atoms with van der Waals surface area (Å²) in [6, 6.07) is 0. The van der Waals surface area contributed by atoms with Gasteiger partial charge in [-0.2, -0.15) is 0 Å². The Balaban J connectivity index is 3.27. The van der Waals surface area contributed by atoms with Crippen LogP contribution in [-0.2, 0) is 0 Å². The average molecular weight is 110 g/mol. The summed E-state index contributed by atoms with van der Waals surface area (Å²) >= 11 is 0. The lowest BCUT2D eigenvalue weighted by molar-refractivity contribution is 1.90. The molecule has 1 unspecified atom stereocenters. The predicted molar refractivity (Wildman–Crippen MR) is 35.4 cm³/mol. The Hall–Kier alpha value is -0.450. The van der Waals surface area contributed by atoms with Crippen LogP contribution < -0.4 is 0 Å². The molecule has 0 aromatic carbocycles. The second kappa shape index (κ2) is 3.73. The zero-order valence-corrected chi connectivity index (χ0v) is 5.20. The summed E-state index contributed by atoms with van der Waals surface area (Å²) in [7, 11) is -0.287. The molecule has 0 radical (unpaired) electrons. The third-order valence-electron chi connectivity index (χ3n) is 0.549. The summed E-state index contributed by atoms with van der Waals surface area (Å²) in [5.74, 6) is 2.50. The van der Waals surface area contributed by atoms with Gasteiger partial charge >= 0.3 is 0 Å². The summed E-state index contributed by atoms with van der Waals surface area (Å²) in [6.07, 6.45) is 10.8. The van der Waals surface area contributed by atoms with Crippen LogP contribution in [0.4, 0.5) is 0 Å². The molecule has 0 nitrogen and oxygen atoms in total. The highest BCUT2D eigenvalue weighted by Gasteiger charge is 1.87. The molecule has 0 heterocycles. The smallest absolute Gasteiger partial charge is 0.0398 e. The first-order chi connectivity index (χ1) is 3.31. The van der Waals surface area contributed by atoms with Crippen molar-refractivity contribution in [3.05, 3.63) is 0 Å². The van der Waals surface area contributed by atoms with Crippen LogP contribution in [0.15, 0.2) is 0 Å². The second-order valence-corrected chi connectivity index (χ2v) is 3.16. The van der Waals surface area contributed by atoms with Crippen molar-refractivity contribution in [3.63, 3.8) is 0 Å². The molecule has 0 aliphatic rings. The van der Waals surface area contributed by atoms with Gasteiger partial charge in [-0.05, 0) is 14.6 Å². The molecule has 0 N–H and O–H groups in total. The molecule has 0 fully saturated rings. The Morgan fingerprint density at radius 3 is 2.29 bits per heavy atom. The fourth-order valence-corrected chi connectivity index (χ4v) is 0.548. The Kier molecular flexibility index (Phi) is 3.49. The van der Waals surface area contributed by atoms with E-state index in [1.165, 1.54) is 0 Å². The van der Waals surface area contributed by atoms with E-state index >= 15 is 0 Å². The van der Waals surface area contributed by atoms with E-state index in [0.717, 1.165) is 6.16 Å². The van der Waals surface area contributed by atoms with Gasteiger partial charge in [0.25, 0.3) is 0 Å². The van der Waals surface area contributed by atoms with Crippen molar-refractivity contribution in [2.24, 2.45) is 0 Å². The minimum Gasteiger partial charge on any atom is -0.120 e. The van der Waals surface area contributed by atoms with Gasteiger partial charge in [-0.25, -0.2) is 0 Å². The van der Waals surface area contributed by atoms with Crippen LogP contribution in [0.1, 0.15) is 0 Å². The molecule has 0 aliphatic carbocycles. The van der Waals surface area contributed by atoms with Gasteiger partial charge < -0.3 is 0 Å². The summed E-state index contributed by atoms with van der Waals surface area (Å²) < 4.78 is 0. The largest absolute Gasteiger partial charge is 0.120 e. The van der Waals surface area contributed by atoms with Gasteiger partial charge in [-0.15, -0.1) is 18.8 Å². The van der Waals surface area contributed by atoms with Gasteiger partial charge in [0.2, 0.25) is 0 Å². The standard InChI is InChI=1S/C6H7P/c1-4-6-7(3)5-2/h1-2H,6H2,3H3. The maximum absolute atomic E-state index is 5.04. The molecule has 1 heteroatoms. The van der Waals surface area contributed by atoms with Crippen LogP contribution in [0.3, 0.4) is 0 Å². The van der Waals surface area contributed by atoms with Gasteiger partial charge in [0.15, 0.2) is 0 Å². The molecule has 1 atom stereocenters. The van der Waals surface area contributed by atoms with E-state index in [0.29, 0.717) is 0 Å². The lowest BCUT2D eigenvalue weighted by Crippen LogP contribution is -1.69. The topological polar surface area (TPSA) is 0 Å². The Morgan fingerprint density at radius 1 is 1.57 bits per heavy atom. The molecule has 0 amide bonds. The molecule has 0 bridgehead atoms. The normalized spacial score (nSPS) is 11.3. The van der Waals surface area contributed by atoms with Crippen LogP contribution in [0.2, 0.25) is 0 Å². The number of rotatable bonds is 1. The maximum atomic E-state index is 5.04. The maximum Gasteiger partial charge on any atom is 0.0398 e. The minimum atomic E-state index is -0.287. The Bertz CT molecular complexity index is 113. The molecule has 0 spiro atoms. The molecule has 0 saturated heterocycles. The van der Waals surface area contributed by atoms with E-state index in [4.69, 9.17) is 12.8 Å². The number of terminal acetylenes is 2. The highest BCUT2D eigenvalue weighted by atomic mass is 31.1. The van der Waals surface area contributed by atoms with Gasteiger partial charge in [0.1, 0.15) is 0 Å². The summed E-state index contributed by atoms with van der Waals surface area (Å²) in [6.45, 7) is 2.00. The van der Waals surface area contributed by atoms with Gasteiger partial charge in [0.05, 0.1) is 0 Å². The van der Waals surface area contributed by atoms with Crippen LogP contribution in [-0.4, -0.2) is 12.8 Å². The lowest BCUT2D eigenvalue weighted by Gasteiger charge is -1.91. The van der Waals surface area contributed by atoms with Crippen LogP contribution >= 0.6 is 7.92 Å². The summed E-state index contributed by atoms with van der Waals surface area (Å²) in [4.78, 5) is 0. The van der Waals surface area contributed by atoms with E-state index in [2.05, 4.69) is 11.6 Å². The Labute approximate surface area is 46.1 Å². The van der Waals surface area contributed by atoms with E-state index in [9.17, 15) is 0 Å². The molecular weight excluding hydrogens is 103 g/mol. The molecular formula is C6H7P. The van der Waals surface area contributed by atoms with E-state index in [1.807, 2.05) is 6.66 Å². The van der Waals surface area contributed by atoms with Gasteiger partial charge in [-0.1, -0.05) is 5.66 Å². The van der Waals surface area contributed by atoms with Crippen molar-refractivity contribution in [2.45, 2.75) is 0 Å². The van der Waals surface area contributed by atoms with Crippen molar-refractivity contribution < 1.29 is 0 Å². The zero-order valence-electron chi connectivity index (χ0n) is 4.31. The van der Waals surface area contributed by atoms with Gasteiger partial charge in [-0.3, -0.25) is 0 Å². The molecule has 0 saturated carbocycles. The average Bonchev–Trinajstić information content (AvgIpc) is 1.68. The van der Waals surface area contributed by atoms with Gasteiger partial charge in [0, 0.05) is 6.16 Å². The van der Waals surface area contributed by atoms with Crippen LogP contribution in [0.25, 0.3) is 0 Å². The summed E-state index contributed by atoms with van der Waals surface area (Å²) in [5, 5.41) is 0. The summed E-state index contributed by atoms with van der Waals surface area (Å²) in [5.41, 5.74) is 2.59. The third-order valence-corrected chi connectivity index (χ3v) is 1.65. The quantitative estimate of drug-likeness (QED) is 0.353. The number of hydrogen-bond donors (Lipinski definition) is 0. The van der Waals surface area contributed by atoms with E-state index < -0.39 is 0 Å². The first-order valence-corrected chi connectivity index (χ1v) is 3.89. The molecule has 0 aliphatic heterocycles. The SMILES string of the molecule is C#CCP(C)C#C. The lowest BCUT2D eigenvalue weighted by atomic mass is 10.8. The van der Waals surface area contributed by atoms with Crippen LogP contribution in [0.5, 0.6) is 0 Å². The fourth-order valence-electron chi connectivity index (χ4n) is 0.183. The van der Waals surface area contributed by atoms with Crippen molar-refractivity contribution in [3.8, 4) is 24.4 Å². The van der Waals surface area contributed by atoms with Crippen LogP contribution in [0, 0.1) is 24.4 Å². The monoisotopic (exact) mass is 110 g/mol. The molecule has 36 valence electrons. The molecule has 0 aromatic heterocycles. The van der Waals surface area contributed by atoms with E-state index in [-0.39, 0.29) is 7.92 Å². The first-order valence-electron chi connectivity index (χ1n) is 1.92. The second-order valence-electron chi connectivity index (χ2n) is 1.19. The predicted octanol–water partition coefficient (Wildman–Crippen LogP) is 1.32. The zero-order chi connectivity index (χ0) is 5.70.